The summed E-state index contributed by atoms with van der Waals surface area (Å²) in [5.41, 5.74) is 6.23. The van der Waals surface area contributed by atoms with Gasteiger partial charge in [-0.1, -0.05) is 97.1 Å². The molecule has 2 N–H and O–H groups in total. The van der Waals surface area contributed by atoms with Crippen molar-refractivity contribution in [2.75, 3.05) is 25.0 Å². The highest BCUT2D eigenvalue weighted by molar-refractivity contribution is 5.90. The lowest BCUT2D eigenvalue weighted by atomic mass is 9.88. The Bertz CT molecular complexity index is 1330. The first-order valence-electron chi connectivity index (χ1n) is 13.7. The first-order chi connectivity index (χ1) is 19.1. The van der Waals surface area contributed by atoms with Crippen LogP contribution >= 0.6 is 0 Å². The fourth-order valence-corrected chi connectivity index (χ4v) is 5.31. The van der Waals surface area contributed by atoms with Crippen molar-refractivity contribution in [1.82, 2.24) is 15.2 Å². The number of aryl methyl sites for hydroxylation is 1. The molecule has 0 saturated carbocycles. The Balaban J connectivity index is 1.14. The minimum atomic E-state index is -0.170. The number of benzene rings is 3. The van der Waals surface area contributed by atoms with Gasteiger partial charge in [0.2, 0.25) is 0 Å². The van der Waals surface area contributed by atoms with E-state index in [1.165, 1.54) is 11.1 Å². The van der Waals surface area contributed by atoms with Crippen LogP contribution in [0.2, 0.25) is 0 Å². The largest absolute Gasteiger partial charge is 0.334 e. The van der Waals surface area contributed by atoms with E-state index in [0.29, 0.717) is 5.92 Å². The number of pyridine rings is 1. The minimum Gasteiger partial charge on any atom is -0.334 e. The van der Waals surface area contributed by atoms with Crippen molar-refractivity contribution >= 4 is 23.9 Å². The number of likely N-dealkylation sites (tertiary alicyclic amines) is 1. The van der Waals surface area contributed by atoms with E-state index in [1.54, 1.807) is 0 Å². The van der Waals surface area contributed by atoms with Gasteiger partial charge in [0.05, 0.1) is 5.69 Å². The topological polar surface area (TPSA) is 57.3 Å². The van der Waals surface area contributed by atoms with Gasteiger partial charge in [-0.05, 0) is 61.2 Å². The summed E-state index contributed by atoms with van der Waals surface area (Å²) in [5.74, 6) is 0.364. The summed E-state index contributed by atoms with van der Waals surface area (Å²) in [7, 11) is 0. The Labute approximate surface area is 231 Å². The number of aromatic nitrogens is 1. The quantitative estimate of drug-likeness (QED) is 0.252. The minimum absolute atomic E-state index is 0.136. The van der Waals surface area contributed by atoms with Crippen LogP contribution in [0.25, 0.3) is 12.2 Å². The number of carbonyl (C=O) groups excluding carboxylic acids is 1. The molecule has 198 valence electrons. The fourth-order valence-electron chi connectivity index (χ4n) is 5.31. The summed E-state index contributed by atoms with van der Waals surface area (Å²) in [6, 6.07) is 35.4. The van der Waals surface area contributed by atoms with Crippen molar-refractivity contribution in [3.63, 3.8) is 0 Å². The molecule has 0 unspecified atom stereocenters. The number of nitrogens with one attached hydrogen (secondary N) is 2. The molecule has 1 aliphatic heterocycles. The lowest BCUT2D eigenvalue weighted by molar-refractivity contribution is 0.247. The molecule has 1 atom stereocenters. The average molecular weight is 517 g/mol. The van der Waals surface area contributed by atoms with E-state index >= 15 is 0 Å². The van der Waals surface area contributed by atoms with Gasteiger partial charge in [0.15, 0.2) is 0 Å². The molecule has 2 heterocycles. The molecule has 0 aliphatic carbocycles. The Morgan fingerprint density at radius 3 is 2.23 bits per heavy atom. The zero-order chi connectivity index (χ0) is 26.9. The highest BCUT2D eigenvalue weighted by atomic mass is 16.2. The molecule has 39 heavy (non-hydrogen) atoms. The second kappa shape index (κ2) is 13.0. The van der Waals surface area contributed by atoms with E-state index in [9.17, 15) is 4.79 Å². The zero-order valence-electron chi connectivity index (χ0n) is 22.5. The predicted octanol–water partition coefficient (Wildman–Crippen LogP) is 6.98. The van der Waals surface area contributed by atoms with Crippen LogP contribution in [0.4, 0.5) is 10.5 Å². The van der Waals surface area contributed by atoms with Crippen molar-refractivity contribution in [3.05, 3.63) is 131 Å². The number of anilines is 1. The van der Waals surface area contributed by atoms with Crippen LogP contribution in [-0.4, -0.2) is 41.6 Å². The maximum absolute atomic E-state index is 12.8. The Morgan fingerprint density at radius 1 is 0.923 bits per heavy atom. The molecule has 2 amide bonds. The maximum Gasteiger partial charge on any atom is 0.319 e. The van der Waals surface area contributed by atoms with Crippen molar-refractivity contribution in [1.29, 1.82) is 0 Å². The standard InChI is InChI=1S/C34H36N4O/c1-26-23-32(24-30(35-26)18-17-27-11-5-2-6-12-27)37-34(39)36-31-19-21-38(25-31)22-20-33(28-13-7-3-8-14-28)29-15-9-4-10-16-29/h2-18,23-24,31,33H,19-22,25H2,1H3,(H2,35,36,37,39)/t31-/m0/s1. The Hall–Kier alpha value is -4.22. The van der Waals surface area contributed by atoms with Crippen LogP contribution in [0, 0.1) is 6.92 Å². The molecule has 4 aromatic rings. The third-order valence-electron chi connectivity index (χ3n) is 7.22. The fraction of sp³-hybridized carbons (Fsp3) is 0.235. The molecular weight excluding hydrogens is 480 g/mol. The van der Waals surface area contributed by atoms with Crippen LogP contribution in [0.5, 0.6) is 0 Å². The summed E-state index contributed by atoms with van der Waals surface area (Å²) < 4.78 is 0. The molecule has 1 aliphatic rings. The Kier molecular flexibility index (Phi) is 8.82. The molecule has 0 radical (unpaired) electrons. The molecule has 5 rings (SSSR count). The Morgan fingerprint density at radius 2 is 1.56 bits per heavy atom. The third-order valence-corrected chi connectivity index (χ3v) is 7.22. The highest BCUT2D eigenvalue weighted by Gasteiger charge is 2.25. The number of hydrogen-bond acceptors (Lipinski definition) is 3. The maximum atomic E-state index is 12.8. The number of amides is 2. The van der Waals surface area contributed by atoms with Gasteiger partial charge in [0.1, 0.15) is 0 Å². The molecule has 1 fully saturated rings. The van der Waals surface area contributed by atoms with Gasteiger partial charge in [-0.25, -0.2) is 4.79 Å². The van der Waals surface area contributed by atoms with Crippen molar-refractivity contribution in [2.24, 2.45) is 0 Å². The number of nitrogens with zero attached hydrogens (tertiary/aromatic N) is 2. The van der Waals surface area contributed by atoms with Crippen molar-refractivity contribution in [2.45, 2.75) is 31.7 Å². The van der Waals surface area contributed by atoms with Gasteiger partial charge in [-0.15, -0.1) is 0 Å². The summed E-state index contributed by atoms with van der Waals surface area (Å²) in [4.78, 5) is 19.9. The molecular formula is C34H36N4O. The lowest BCUT2D eigenvalue weighted by Crippen LogP contribution is -2.39. The van der Waals surface area contributed by atoms with Crippen LogP contribution in [0.3, 0.4) is 0 Å². The molecule has 3 aromatic carbocycles. The summed E-state index contributed by atoms with van der Waals surface area (Å²) in [5, 5.41) is 6.19. The number of urea groups is 1. The van der Waals surface area contributed by atoms with Crippen molar-refractivity contribution < 1.29 is 4.79 Å². The second-order valence-electron chi connectivity index (χ2n) is 10.2. The second-order valence-corrected chi connectivity index (χ2v) is 10.2. The SMILES string of the molecule is Cc1cc(NC(=O)N[C@H]2CCN(CCC(c3ccccc3)c3ccccc3)C2)cc(C=Cc2ccccc2)n1. The van der Waals surface area contributed by atoms with Crippen LogP contribution in [-0.2, 0) is 0 Å². The summed E-state index contributed by atoms with van der Waals surface area (Å²) in [6.45, 7) is 4.79. The molecule has 0 bridgehead atoms. The van der Waals surface area contributed by atoms with E-state index in [2.05, 4.69) is 81.2 Å². The molecule has 5 nitrogen and oxygen atoms in total. The monoisotopic (exact) mass is 516 g/mol. The van der Waals surface area contributed by atoms with Crippen molar-refractivity contribution in [3.8, 4) is 0 Å². The molecule has 0 spiro atoms. The number of carbonyl (C=O) groups is 1. The lowest BCUT2D eigenvalue weighted by Gasteiger charge is -2.22. The first kappa shape index (κ1) is 26.4. The molecule has 5 heteroatoms. The van der Waals surface area contributed by atoms with Crippen LogP contribution in [0.1, 0.15) is 46.8 Å². The van der Waals surface area contributed by atoms with Crippen LogP contribution in [0.15, 0.2) is 103 Å². The smallest absolute Gasteiger partial charge is 0.319 e. The van der Waals surface area contributed by atoms with Gasteiger partial charge in [-0.3, -0.25) is 4.98 Å². The van der Waals surface area contributed by atoms with Gasteiger partial charge >= 0.3 is 6.03 Å². The zero-order valence-corrected chi connectivity index (χ0v) is 22.5. The van der Waals surface area contributed by atoms with Gasteiger partial charge < -0.3 is 15.5 Å². The average Bonchev–Trinajstić information content (AvgIpc) is 3.40. The number of rotatable bonds is 9. The predicted molar refractivity (Wildman–Crippen MR) is 161 cm³/mol. The first-order valence-corrected chi connectivity index (χ1v) is 13.7. The normalized spacial score (nSPS) is 15.6. The molecule has 1 aromatic heterocycles. The van der Waals surface area contributed by atoms with E-state index in [0.717, 1.165) is 55.1 Å². The summed E-state index contributed by atoms with van der Waals surface area (Å²) in [6.07, 6.45) is 6.00. The highest BCUT2D eigenvalue weighted by Crippen LogP contribution is 2.28. The van der Waals surface area contributed by atoms with Gasteiger partial charge in [0.25, 0.3) is 0 Å². The third kappa shape index (κ3) is 7.65. The van der Waals surface area contributed by atoms with E-state index < -0.39 is 0 Å². The van der Waals surface area contributed by atoms with E-state index in [4.69, 9.17) is 0 Å². The number of hydrogen-bond donors (Lipinski definition) is 2. The van der Waals surface area contributed by atoms with Gasteiger partial charge in [-0.2, -0.15) is 0 Å². The molecule has 1 saturated heterocycles. The summed E-state index contributed by atoms with van der Waals surface area (Å²) >= 11 is 0. The van der Waals surface area contributed by atoms with Gasteiger partial charge in [0, 0.05) is 36.4 Å². The van der Waals surface area contributed by atoms with Crippen LogP contribution < -0.4 is 10.6 Å². The van der Waals surface area contributed by atoms with E-state index in [1.807, 2.05) is 61.5 Å². The van der Waals surface area contributed by atoms with E-state index in [-0.39, 0.29) is 12.1 Å².